The third kappa shape index (κ3) is 7.51. The van der Waals surface area contributed by atoms with Gasteiger partial charge < -0.3 is 0 Å². The van der Waals surface area contributed by atoms with Gasteiger partial charge >= 0.3 is 6.18 Å². The summed E-state index contributed by atoms with van der Waals surface area (Å²) >= 11 is 3.46. The van der Waals surface area contributed by atoms with E-state index in [2.05, 4.69) is 24.3 Å². The van der Waals surface area contributed by atoms with Crippen molar-refractivity contribution in [2.45, 2.75) is 33.9 Å². The van der Waals surface area contributed by atoms with Crippen LogP contribution in [0.2, 0.25) is 0 Å². The molecule has 4 aromatic rings. The molecule has 0 spiro atoms. The van der Waals surface area contributed by atoms with Crippen LogP contribution in [0.4, 0.5) is 18.9 Å². The smallest absolute Gasteiger partial charge is 0.253 e. The van der Waals surface area contributed by atoms with Crippen LogP contribution in [-0.4, -0.2) is 10.3 Å². The lowest BCUT2D eigenvalue weighted by Gasteiger charge is -2.19. The van der Waals surface area contributed by atoms with Crippen LogP contribution in [0.15, 0.2) is 124 Å². The summed E-state index contributed by atoms with van der Waals surface area (Å²) in [5.74, 6) is 0. The SMILES string of the molecule is Cc1ccc(N=C(CC(Sc2ccccc2)Sc2ccccc2)c2ccc(C(F)(F)F)cc2)cc1. The van der Waals surface area contributed by atoms with E-state index in [9.17, 15) is 13.2 Å². The van der Waals surface area contributed by atoms with Crippen molar-refractivity contribution in [2.75, 3.05) is 0 Å². The summed E-state index contributed by atoms with van der Waals surface area (Å²) < 4.78 is 39.6. The molecule has 0 saturated carbocycles. The number of halogens is 3. The molecule has 0 radical (unpaired) electrons. The summed E-state index contributed by atoms with van der Waals surface area (Å²) in [6.45, 7) is 2.01. The van der Waals surface area contributed by atoms with E-state index in [1.807, 2.05) is 67.6 Å². The molecule has 35 heavy (non-hydrogen) atoms. The van der Waals surface area contributed by atoms with Gasteiger partial charge in [-0.3, -0.25) is 4.99 Å². The third-order valence-electron chi connectivity index (χ3n) is 5.22. The number of rotatable bonds is 8. The molecule has 0 amide bonds. The summed E-state index contributed by atoms with van der Waals surface area (Å²) in [6, 6.07) is 33.4. The van der Waals surface area contributed by atoms with Crippen LogP contribution in [0.1, 0.15) is 23.1 Å². The van der Waals surface area contributed by atoms with Gasteiger partial charge in [-0.25, -0.2) is 0 Å². The van der Waals surface area contributed by atoms with Crippen LogP contribution in [-0.2, 0) is 6.18 Å². The number of aryl methyl sites for hydroxylation is 1. The zero-order valence-corrected chi connectivity index (χ0v) is 20.7. The number of nitrogens with zero attached hydrogens (tertiary/aromatic N) is 1. The van der Waals surface area contributed by atoms with Gasteiger partial charge in [0.1, 0.15) is 0 Å². The average Bonchev–Trinajstić information content (AvgIpc) is 2.86. The quantitative estimate of drug-likeness (QED) is 0.134. The zero-order valence-electron chi connectivity index (χ0n) is 19.1. The molecular formula is C29H24F3NS2. The van der Waals surface area contributed by atoms with Crippen molar-refractivity contribution in [3.63, 3.8) is 0 Å². The number of benzene rings is 4. The Balaban J connectivity index is 1.69. The Hall–Kier alpha value is -2.96. The Bertz CT molecular complexity index is 1200. The Labute approximate surface area is 212 Å². The van der Waals surface area contributed by atoms with Gasteiger partial charge in [-0.15, -0.1) is 23.5 Å². The first kappa shape index (κ1) is 25.1. The van der Waals surface area contributed by atoms with Crippen molar-refractivity contribution >= 4 is 34.9 Å². The van der Waals surface area contributed by atoms with Crippen molar-refractivity contribution in [1.29, 1.82) is 0 Å². The first-order chi connectivity index (χ1) is 16.9. The molecule has 0 bridgehead atoms. The summed E-state index contributed by atoms with van der Waals surface area (Å²) in [6.07, 6.45) is -3.81. The van der Waals surface area contributed by atoms with E-state index in [0.717, 1.165) is 38.9 Å². The molecule has 0 aliphatic carbocycles. The van der Waals surface area contributed by atoms with Crippen LogP contribution < -0.4 is 0 Å². The predicted octanol–water partition coefficient (Wildman–Crippen LogP) is 9.44. The van der Waals surface area contributed by atoms with E-state index in [4.69, 9.17) is 4.99 Å². The molecule has 0 N–H and O–H groups in total. The monoisotopic (exact) mass is 507 g/mol. The molecule has 0 aromatic heterocycles. The molecule has 0 saturated heterocycles. The highest BCUT2D eigenvalue weighted by atomic mass is 32.2. The summed E-state index contributed by atoms with van der Waals surface area (Å²) in [7, 11) is 0. The van der Waals surface area contributed by atoms with Gasteiger partial charge in [0.2, 0.25) is 0 Å². The van der Waals surface area contributed by atoms with Crippen molar-refractivity contribution < 1.29 is 13.2 Å². The van der Waals surface area contributed by atoms with E-state index in [0.29, 0.717) is 12.0 Å². The third-order valence-corrected chi connectivity index (χ3v) is 7.75. The topological polar surface area (TPSA) is 12.4 Å². The molecule has 0 aliphatic heterocycles. The standard InChI is InChI=1S/C29H24F3NS2/c1-21-12-18-24(19-13-21)33-27(22-14-16-23(17-15-22)29(30,31)32)20-28(34-25-8-4-2-5-9-25)35-26-10-6-3-7-11-26/h2-19,28H,20H2,1H3. The Kier molecular flexibility index (Phi) is 8.37. The van der Waals surface area contributed by atoms with Crippen molar-refractivity contribution in [2.24, 2.45) is 4.99 Å². The maximum Gasteiger partial charge on any atom is 0.416 e. The predicted molar refractivity (Wildman–Crippen MR) is 142 cm³/mol. The lowest BCUT2D eigenvalue weighted by Crippen LogP contribution is -2.11. The van der Waals surface area contributed by atoms with E-state index in [1.165, 1.54) is 12.1 Å². The Morgan fingerprint density at radius 1 is 0.714 bits per heavy atom. The lowest BCUT2D eigenvalue weighted by atomic mass is 10.1. The molecule has 6 heteroatoms. The molecule has 178 valence electrons. The minimum Gasteiger partial charge on any atom is -0.253 e. The molecule has 1 nitrogen and oxygen atoms in total. The fourth-order valence-electron chi connectivity index (χ4n) is 3.42. The van der Waals surface area contributed by atoms with Crippen molar-refractivity contribution in [3.05, 3.63) is 126 Å². The van der Waals surface area contributed by atoms with Crippen molar-refractivity contribution in [3.8, 4) is 0 Å². The molecule has 0 atom stereocenters. The molecule has 0 aliphatic rings. The average molecular weight is 508 g/mol. The van der Waals surface area contributed by atoms with Gasteiger partial charge in [0.05, 0.1) is 21.5 Å². The van der Waals surface area contributed by atoms with Gasteiger partial charge in [0.15, 0.2) is 0 Å². The number of thioether (sulfide) groups is 2. The van der Waals surface area contributed by atoms with E-state index in [1.54, 1.807) is 23.5 Å². The molecule has 4 rings (SSSR count). The number of aliphatic imine (C=N–C) groups is 1. The first-order valence-corrected chi connectivity index (χ1v) is 12.9. The van der Waals surface area contributed by atoms with Crippen LogP contribution in [0.5, 0.6) is 0 Å². The summed E-state index contributed by atoms with van der Waals surface area (Å²) in [4.78, 5) is 7.15. The Morgan fingerprint density at radius 3 is 1.71 bits per heavy atom. The zero-order chi connectivity index (χ0) is 24.7. The first-order valence-electron chi connectivity index (χ1n) is 11.1. The van der Waals surface area contributed by atoms with Gasteiger partial charge in [-0.1, -0.05) is 66.2 Å². The maximum atomic E-state index is 13.2. The van der Waals surface area contributed by atoms with E-state index >= 15 is 0 Å². The van der Waals surface area contributed by atoms with Crippen LogP contribution >= 0.6 is 23.5 Å². The second kappa shape index (κ2) is 11.6. The largest absolute Gasteiger partial charge is 0.416 e. The number of hydrogen-bond donors (Lipinski definition) is 0. The number of alkyl halides is 3. The van der Waals surface area contributed by atoms with Crippen LogP contribution in [0, 0.1) is 6.92 Å². The molecular weight excluding hydrogens is 483 g/mol. The minimum absolute atomic E-state index is 0.0614. The highest BCUT2D eigenvalue weighted by Gasteiger charge is 2.30. The lowest BCUT2D eigenvalue weighted by molar-refractivity contribution is -0.137. The Morgan fingerprint density at radius 2 is 1.23 bits per heavy atom. The maximum absolute atomic E-state index is 13.2. The van der Waals surface area contributed by atoms with Gasteiger partial charge in [0, 0.05) is 16.2 Å². The summed E-state index contributed by atoms with van der Waals surface area (Å²) in [5, 5.41) is 0. The van der Waals surface area contributed by atoms with E-state index < -0.39 is 11.7 Å². The molecule has 0 heterocycles. The second-order valence-electron chi connectivity index (χ2n) is 7.96. The number of hydrogen-bond acceptors (Lipinski definition) is 3. The molecule has 4 aromatic carbocycles. The van der Waals surface area contributed by atoms with Crippen molar-refractivity contribution in [1.82, 2.24) is 0 Å². The highest BCUT2D eigenvalue weighted by Crippen LogP contribution is 2.39. The van der Waals surface area contributed by atoms with Gasteiger partial charge in [0.25, 0.3) is 0 Å². The highest BCUT2D eigenvalue weighted by molar-refractivity contribution is 8.17. The second-order valence-corrected chi connectivity index (χ2v) is 10.8. The van der Waals surface area contributed by atoms with Crippen LogP contribution in [0.3, 0.4) is 0 Å². The van der Waals surface area contributed by atoms with E-state index in [-0.39, 0.29) is 4.58 Å². The minimum atomic E-state index is -4.37. The fourth-order valence-corrected chi connectivity index (χ4v) is 6.00. The van der Waals surface area contributed by atoms with Crippen LogP contribution in [0.25, 0.3) is 0 Å². The van der Waals surface area contributed by atoms with Gasteiger partial charge in [-0.2, -0.15) is 13.2 Å². The van der Waals surface area contributed by atoms with Gasteiger partial charge in [-0.05, 0) is 61.0 Å². The molecule has 0 fully saturated rings. The normalized spacial score (nSPS) is 12.2. The summed E-state index contributed by atoms with van der Waals surface area (Å²) in [5.41, 5.74) is 2.67. The fraction of sp³-hybridized carbons (Fsp3) is 0.138. The molecule has 0 unspecified atom stereocenters.